The number of hydrogen-bond acceptors (Lipinski definition) is 3. The second kappa shape index (κ2) is 6.07. The monoisotopic (exact) mass is 290 g/mol. The van der Waals surface area contributed by atoms with E-state index in [0.29, 0.717) is 6.42 Å². The highest BCUT2D eigenvalue weighted by Crippen LogP contribution is 2.17. The maximum atomic E-state index is 12.3. The van der Waals surface area contributed by atoms with E-state index < -0.39 is 10.0 Å². The highest BCUT2D eigenvalue weighted by molar-refractivity contribution is 7.89. The Balaban J connectivity index is 2.11. The lowest BCUT2D eigenvalue weighted by molar-refractivity contribution is 0.560. The van der Waals surface area contributed by atoms with Crippen molar-refractivity contribution in [3.05, 3.63) is 60.2 Å². The molecule has 1 atom stereocenters. The van der Waals surface area contributed by atoms with E-state index >= 15 is 0 Å². The standard InChI is InChI=1S/C15H18N2O2S/c1-12(11-13-7-3-2-4-8-13)17-20(18,19)15-10-6-5-9-14(15)16/h2-10,12,17H,11,16H2,1H3. The van der Waals surface area contributed by atoms with Crippen LogP contribution in [0.1, 0.15) is 12.5 Å². The molecule has 0 aliphatic heterocycles. The van der Waals surface area contributed by atoms with Crippen LogP contribution in [0.3, 0.4) is 0 Å². The summed E-state index contributed by atoms with van der Waals surface area (Å²) in [6.45, 7) is 1.84. The van der Waals surface area contributed by atoms with E-state index in [1.807, 2.05) is 37.3 Å². The Morgan fingerprint density at radius 1 is 1.05 bits per heavy atom. The number of benzene rings is 2. The molecule has 2 aromatic rings. The highest BCUT2D eigenvalue weighted by atomic mass is 32.2. The maximum Gasteiger partial charge on any atom is 0.242 e. The molecule has 0 aliphatic carbocycles. The zero-order valence-electron chi connectivity index (χ0n) is 11.3. The minimum absolute atomic E-state index is 0.125. The van der Waals surface area contributed by atoms with Crippen molar-refractivity contribution in [2.45, 2.75) is 24.3 Å². The van der Waals surface area contributed by atoms with Crippen LogP contribution in [0.5, 0.6) is 0 Å². The molecule has 106 valence electrons. The summed E-state index contributed by atoms with van der Waals surface area (Å²) in [7, 11) is -3.59. The number of anilines is 1. The van der Waals surface area contributed by atoms with E-state index in [1.165, 1.54) is 6.07 Å². The molecular formula is C15H18N2O2S. The third-order valence-electron chi connectivity index (χ3n) is 2.95. The molecule has 2 rings (SSSR count). The van der Waals surface area contributed by atoms with Gasteiger partial charge < -0.3 is 5.73 Å². The van der Waals surface area contributed by atoms with Gasteiger partial charge >= 0.3 is 0 Å². The largest absolute Gasteiger partial charge is 0.398 e. The van der Waals surface area contributed by atoms with Crippen molar-refractivity contribution in [3.63, 3.8) is 0 Å². The minimum Gasteiger partial charge on any atom is -0.398 e. The van der Waals surface area contributed by atoms with Gasteiger partial charge in [-0.05, 0) is 31.0 Å². The normalized spacial score (nSPS) is 13.1. The molecule has 1 unspecified atom stereocenters. The van der Waals surface area contributed by atoms with Gasteiger partial charge in [0.15, 0.2) is 0 Å². The van der Waals surface area contributed by atoms with Gasteiger partial charge in [-0.15, -0.1) is 0 Å². The van der Waals surface area contributed by atoms with Crippen molar-refractivity contribution in [1.29, 1.82) is 0 Å². The van der Waals surface area contributed by atoms with Crippen molar-refractivity contribution in [2.75, 3.05) is 5.73 Å². The molecule has 0 spiro atoms. The molecule has 0 fully saturated rings. The first-order valence-corrected chi connectivity index (χ1v) is 7.88. The van der Waals surface area contributed by atoms with Crippen molar-refractivity contribution < 1.29 is 8.42 Å². The van der Waals surface area contributed by atoms with Crippen LogP contribution in [-0.2, 0) is 16.4 Å². The van der Waals surface area contributed by atoms with Crippen LogP contribution >= 0.6 is 0 Å². The molecule has 0 saturated carbocycles. The molecule has 4 nitrogen and oxygen atoms in total. The second-order valence-electron chi connectivity index (χ2n) is 4.75. The van der Waals surface area contributed by atoms with Crippen molar-refractivity contribution in [1.82, 2.24) is 4.72 Å². The van der Waals surface area contributed by atoms with Gasteiger partial charge in [-0.2, -0.15) is 0 Å². The summed E-state index contributed by atoms with van der Waals surface area (Å²) >= 11 is 0. The number of hydrogen-bond donors (Lipinski definition) is 2. The van der Waals surface area contributed by atoms with Gasteiger partial charge in [0, 0.05) is 6.04 Å². The quantitative estimate of drug-likeness (QED) is 0.829. The van der Waals surface area contributed by atoms with Crippen LogP contribution in [0.15, 0.2) is 59.5 Å². The summed E-state index contributed by atoms with van der Waals surface area (Å²) in [4.78, 5) is 0.125. The second-order valence-corrected chi connectivity index (χ2v) is 6.43. The Kier molecular flexibility index (Phi) is 4.42. The molecule has 20 heavy (non-hydrogen) atoms. The third kappa shape index (κ3) is 3.59. The van der Waals surface area contributed by atoms with E-state index in [-0.39, 0.29) is 16.6 Å². The van der Waals surface area contributed by atoms with Gasteiger partial charge in [-0.1, -0.05) is 42.5 Å². The topological polar surface area (TPSA) is 72.2 Å². The Morgan fingerprint density at radius 2 is 1.65 bits per heavy atom. The highest BCUT2D eigenvalue weighted by Gasteiger charge is 2.19. The Hall–Kier alpha value is -1.85. The van der Waals surface area contributed by atoms with Gasteiger partial charge in [0.05, 0.1) is 5.69 Å². The van der Waals surface area contributed by atoms with E-state index in [1.54, 1.807) is 18.2 Å². The lowest BCUT2D eigenvalue weighted by Gasteiger charge is -2.15. The first-order valence-electron chi connectivity index (χ1n) is 6.40. The molecule has 0 saturated heterocycles. The average molecular weight is 290 g/mol. The molecule has 2 aromatic carbocycles. The molecule has 0 amide bonds. The van der Waals surface area contributed by atoms with Crippen LogP contribution in [0.4, 0.5) is 5.69 Å². The Bertz CT molecular complexity index is 669. The van der Waals surface area contributed by atoms with Crippen molar-refractivity contribution >= 4 is 15.7 Å². The van der Waals surface area contributed by atoms with Gasteiger partial charge in [0.1, 0.15) is 4.90 Å². The fourth-order valence-electron chi connectivity index (χ4n) is 2.06. The summed E-state index contributed by atoms with van der Waals surface area (Å²) in [5.41, 5.74) is 7.06. The zero-order valence-corrected chi connectivity index (χ0v) is 12.1. The summed E-state index contributed by atoms with van der Waals surface area (Å²) in [5.74, 6) is 0. The predicted molar refractivity (Wildman–Crippen MR) is 80.8 cm³/mol. The maximum absolute atomic E-state index is 12.3. The third-order valence-corrected chi connectivity index (χ3v) is 4.61. The zero-order chi connectivity index (χ0) is 14.6. The predicted octanol–water partition coefficient (Wildman–Crippen LogP) is 2.18. The minimum atomic E-state index is -3.59. The fraction of sp³-hybridized carbons (Fsp3) is 0.200. The molecule has 0 radical (unpaired) electrons. The first-order chi connectivity index (χ1) is 9.49. The lowest BCUT2D eigenvalue weighted by atomic mass is 10.1. The summed E-state index contributed by atoms with van der Waals surface area (Å²) in [5, 5.41) is 0. The van der Waals surface area contributed by atoms with Crippen LogP contribution in [0.2, 0.25) is 0 Å². The van der Waals surface area contributed by atoms with E-state index in [4.69, 9.17) is 5.73 Å². The van der Waals surface area contributed by atoms with Crippen LogP contribution < -0.4 is 10.5 Å². The van der Waals surface area contributed by atoms with E-state index in [9.17, 15) is 8.42 Å². The van der Waals surface area contributed by atoms with Crippen molar-refractivity contribution in [2.24, 2.45) is 0 Å². The van der Waals surface area contributed by atoms with Crippen molar-refractivity contribution in [3.8, 4) is 0 Å². The van der Waals surface area contributed by atoms with Gasteiger partial charge in [0.25, 0.3) is 0 Å². The summed E-state index contributed by atoms with van der Waals surface area (Å²) < 4.78 is 27.2. The molecule has 0 bridgehead atoms. The van der Waals surface area contributed by atoms with Gasteiger partial charge in [-0.3, -0.25) is 0 Å². The fourth-order valence-corrected chi connectivity index (χ4v) is 3.44. The number of nitrogen functional groups attached to an aromatic ring is 1. The number of rotatable bonds is 5. The lowest BCUT2D eigenvalue weighted by Crippen LogP contribution is -2.34. The molecule has 3 N–H and O–H groups in total. The molecule has 0 aromatic heterocycles. The Labute approximate surface area is 119 Å². The average Bonchev–Trinajstić information content (AvgIpc) is 2.39. The number of nitrogens with two attached hydrogens (primary N) is 1. The first kappa shape index (κ1) is 14.6. The molecule has 0 aliphatic rings. The van der Waals surface area contributed by atoms with Crippen LogP contribution in [0.25, 0.3) is 0 Å². The molecular weight excluding hydrogens is 272 g/mol. The number of para-hydroxylation sites is 1. The summed E-state index contributed by atoms with van der Waals surface area (Å²) in [6.07, 6.45) is 0.632. The Morgan fingerprint density at radius 3 is 2.30 bits per heavy atom. The van der Waals surface area contributed by atoms with Gasteiger partial charge in [-0.25, -0.2) is 13.1 Å². The summed E-state index contributed by atoms with van der Waals surface area (Å²) in [6, 6.07) is 16.0. The van der Waals surface area contributed by atoms with E-state index in [0.717, 1.165) is 5.56 Å². The SMILES string of the molecule is CC(Cc1ccccc1)NS(=O)(=O)c1ccccc1N. The van der Waals surface area contributed by atoms with Crippen LogP contribution in [-0.4, -0.2) is 14.5 Å². The number of nitrogens with one attached hydrogen (secondary N) is 1. The number of sulfonamides is 1. The van der Waals surface area contributed by atoms with Gasteiger partial charge in [0.2, 0.25) is 10.0 Å². The smallest absolute Gasteiger partial charge is 0.242 e. The van der Waals surface area contributed by atoms with Crippen LogP contribution in [0, 0.1) is 0 Å². The van der Waals surface area contributed by atoms with E-state index in [2.05, 4.69) is 4.72 Å². The molecule has 5 heteroatoms. The molecule has 0 heterocycles.